The average Bonchev–Trinajstić information content (AvgIpc) is 0.834. The number of hydrogen-bond donors (Lipinski definition) is 5. The second kappa shape index (κ2) is 43.7. The molecule has 30 heteroatoms. The number of alkyl halides is 2. The molecule has 6 heterocycles. The molecule has 0 spiro atoms. The number of ether oxygens (including phenoxy) is 7. The van der Waals surface area contributed by atoms with Gasteiger partial charge < -0.3 is 59.7 Å². The van der Waals surface area contributed by atoms with Gasteiger partial charge >= 0.3 is 6.11 Å². The molecule has 0 bridgehead atoms. The van der Waals surface area contributed by atoms with Crippen molar-refractivity contribution in [1.29, 1.82) is 0 Å². The predicted molar refractivity (Wildman–Crippen MR) is 449 cm³/mol. The smallest absolute Gasteiger partial charge is 0.394 e. The highest BCUT2D eigenvalue weighted by molar-refractivity contribution is 6.07. The van der Waals surface area contributed by atoms with Crippen LogP contribution >= 0.6 is 0 Å². The largest absolute Gasteiger partial charge is 0.497 e. The molecule has 25 nitrogen and oxygen atoms in total. The number of amides is 5. The van der Waals surface area contributed by atoms with Gasteiger partial charge in [0.25, 0.3) is 29.5 Å². The molecule has 0 aliphatic heterocycles. The summed E-state index contributed by atoms with van der Waals surface area (Å²) in [6.07, 6.45) is 21.6. The van der Waals surface area contributed by atoms with Crippen LogP contribution in [0.2, 0.25) is 0 Å². The third kappa shape index (κ3) is 28.6. The first-order valence-electron chi connectivity index (χ1n) is 36.7. The molecular formula is C93H70F5N13O12. The molecule has 0 saturated heterocycles. The summed E-state index contributed by atoms with van der Waals surface area (Å²) in [5.74, 6) is 3.58. The van der Waals surface area contributed by atoms with Crippen molar-refractivity contribution in [3.8, 4) is 81.3 Å². The lowest BCUT2D eigenvalue weighted by atomic mass is 10.1. The van der Waals surface area contributed by atoms with Gasteiger partial charge in [-0.25, -0.2) is 33.1 Å². The van der Waals surface area contributed by atoms with Crippen molar-refractivity contribution >= 4 is 58.0 Å². The van der Waals surface area contributed by atoms with Crippen LogP contribution in [0.1, 0.15) is 70.0 Å². The van der Waals surface area contributed by atoms with Crippen molar-refractivity contribution < 1.29 is 79.1 Å². The van der Waals surface area contributed by atoms with Crippen LogP contribution in [0.5, 0.6) is 69.0 Å². The van der Waals surface area contributed by atoms with Gasteiger partial charge in [-0.1, -0.05) is 60.0 Å². The van der Waals surface area contributed by atoms with Gasteiger partial charge in [-0.3, -0.25) is 43.9 Å². The van der Waals surface area contributed by atoms with Gasteiger partial charge in [-0.05, 0) is 171 Å². The lowest BCUT2D eigenvalue weighted by molar-refractivity contribution is -0.159. The minimum atomic E-state index is -3.38. The number of nitrogens with zero attached hydrogens (tertiary/aromatic N) is 8. The van der Waals surface area contributed by atoms with Crippen LogP contribution in [0.25, 0.3) is 0 Å². The Hall–Kier alpha value is -17.1. The van der Waals surface area contributed by atoms with Crippen LogP contribution in [0.4, 0.5) is 50.4 Å². The quantitative estimate of drug-likeness (QED) is 0.0293. The van der Waals surface area contributed by atoms with E-state index in [-0.39, 0.29) is 68.8 Å². The fourth-order valence-corrected chi connectivity index (χ4v) is 10.6. The molecule has 0 unspecified atom stereocenters. The van der Waals surface area contributed by atoms with Crippen molar-refractivity contribution in [2.75, 3.05) is 33.7 Å². The topological polar surface area (TPSA) is 313 Å². The Morgan fingerprint density at radius 2 is 0.715 bits per heavy atom. The van der Waals surface area contributed by atoms with E-state index in [9.17, 15) is 45.9 Å². The van der Waals surface area contributed by atoms with Gasteiger partial charge in [0.1, 0.15) is 93.3 Å². The van der Waals surface area contributed by atoms with Gasteiger partial charge in [0.15, 0.2) is 11.5 Å². The minimum absolute atomic E-state index is 0.0370. The Bertz CT molecular complexity index is 6120. The number of nitrogens with one attached hydrogen (secondary N) is 5. The molecule has 0 aliphatic carbocycles. The number of methoxy groups -OCH3 is 1. The summed E-state index contributed by atoms with van der Waals surface area (Å²) >= 11 is 0. The van der Waals surface area contributed by atoms with Gasteiger partial charge in [0, 0.05) is 125 Å². The number of aromatic nitrogens is 8. The number of anilines is 5. The van der Waals surface area contributed by atoms with Gasteiger partial charge in [-0.2, -0.15) is 8.78 Å². The first-order chi connectivity index (χ1) is 59.6. The molecule has 0 atom stereocenters. The molecule has 0 radical (unpaired) electrons. The molecule has 15 rings (SSSR count). The summed E-state index contributed by atoms with van der Waals surface area (Å²) in [5, 5.41) is 13.5. The average molecular weight is 1660 g/mol. The number of hydrogen-bond acceptors (Lipinski definition) is 20. The molecule has 0 saturated carbocycles. The maximum Gasteiger partial charge on any atom is 0.394 e. The minimum Gasteiger partial charge on any atom is -0.497 e. The molecule has 5 N–H and O–H groups in total. The third-order valence-corrected chi connectivity index (χ3v) is 16.0. The lowest BCUT2D eigenvalue weighted by Crippen LogP contribution is -2.19. The molecule has 15 aromatic rings. The Labute approximate surface area is 700 Å². The van der Waals surface area contributed by atoms with Crippen LogP contribution < -0.4 is 59.7 Å². The Balaban J connectivity index is 0.000000150. The monoisotopic (exact) mass is 1660 g/mol. The van der Waals surface area contributed by atoms with E-state index < -0.39 is 35.4 Å². The number of rotatable bonds is 23. The molecule has 9 aromatic carbocycles. The second-order valence-corrected chi connectivity index (χ2v) is 25.5. The number of benzene rings is 9. The van der Waals surface area contributed by atoms with E-state index in [1.54, 1.807) is 154 Å². The second-order valence-electron chi connectivity index (χ2n) is 25.5. The molecule has 5 amide bonds. The molecule has 0 aliphatic rings. The highest BCUT2D eigenvalue weighted by Gasteiger charge is 2.24. The van der Waals surface area contributed by atoms with Crippen molar-refractivity contribution in [3.63, 3.8) is 0 Å². The zero-order valence-electron chi connectivity index (χ0n) is 65.2. The molecular weight excluding hydrogens is 1590 g/mol. The number of pyridine rings is 4. The Morgan fingerprint density at radius 1 is 0.341 bits per heavy atom. The lowest BCUT2D eigenvalue weighted by Gasteiger charge is -2.14. The van der Waals surface area contributed by atoms with E-state index in [1.165, 1.54) is 79.9 Å². The molecule has 6 aromatic heterocycles. The highest BCUT2D eigenvalue weighted by Crippen LogP contribution is 2.32. The van der Waals surface area contributed by atoms with Crippen molar-refractivity contribution in [3.05, 3.63) is 392 Å². The number of aryl methyl sites for hydroxylation is 1. The number of halogens is 5. The van der Waals surface area contributed by atoms with Crippen LogP contribution in [-0.4, -0.2) is 82.6 Å². The summed E-state index contributed by atoms with van der Waals surface area (Å²) in [4.78, 5) is 92.5. The van der Waals surface area contributed by atoms with Crippen LogP contribution in [0, 0.1) is 36.7 Å². The maximum absolute atomic E-state index is 13.9. The Kier molecular flexibility index (Phi) is 30.9. The zero-order valence-corrected chi connectivity index (χ0v) is 65.2. The summed E-state index contributed by atoms with van der Waals surface area (Å²) in [5.41, 5.74) is 4.96. The van der Waals surface area contributed by atoms with Crippen LogP contribution in [0.3, 0.4) is 0 Å². The fourth-order valence-electron chi connectivity index (χ4n) is 10.6. The fraction of sp³-hybridized carbons (Fsp3) is 0.0430. The van der Waals surface area contributed by atoms with E-state index in [1.807, 2.05) is 79.7 Å². The standard InChI is InChI=1S/C19H14F3N3O3.C19H11F2N3O2.C19H16N2O3.C19H16N2O2.C17H13N3O2/c1-19(21,22)28-15-4-2-3-12(5-15)18(26)25-14-6-13(20)7-16(8-14)27-17-9-23-11-24-10-17;1-2-12-5-13(3-4-18(12)21)19(25)24-15-6-14(20)7-16(8-15)26-17-9-22-11-23-10-17;1-23-16-7-2-5-14(11-16)19(22)21-15-6-3-8-17(12-15)24-18-9-4-10-20-13-18;1-14-5-2-6-15(11-14)19(22)21-16-7-3-8-17(12-16)23-18-9-4-10-20-13-18;21-17(16-8-1-2-10-19-16)20-13-5-3-6-14(11-13)22-15-7-4-9-18-12-15/h2-11H,1H3,(H,25,26);1,3-11H,(H,24,25);2-13H,1H3,(H,21,22);2-13H,1H3,(H,21,22);1-12H,(H,20,21). The summed E-state index contributed by atoms with van der Waals surface area (Å²) in [6, 6.07) is 68.3. The van der Waals surface area contributed by atoms with E-state index in [2.05, 4.69) is 77.1 Å². The van der Waals surface area contributed by atoms with Crippen LogP contribution in [0.15, 0.2) is 336 Å². The van der Waals surface area contributed by atoms with Gasteiger partial charge in [0.2, 0.25) is 0 Å². The molecule has 614 valence electrons. The van der Waals surface area contributed by atoms with Crippen molar-refractivity contribution in [2.45, 2.75) is 20.0 Å². The number of carbonyl (C=O) groups excluding carboxylic acids is 5. The van der Waals surface area contributed by atoms with E-state index in [0.29, 0.717) is 86.8 Å². The first kappa shape index (κ1) is 86.8. The van der Waals surface area contributed by atoms with E-state index in [4.69, 9.17) is 34.8 Å². The van der Waals surface area contributed by atoms with Crippen LogP contribution in [-0.2, 0) is 0 Å². The van der Waals surface area contributed by atoms with E-state index in [0.717, 1.165) is 42.0 Å². The normalized spacial score (nSPS) is 10.3. The molecule has 123 heavy (non-hydrogen) atoms. The zero-order chi connectivity index (χ0) is 86.7. The SMILES string of the molecule is C#Cc1cc(C(=O)Nc2cc(F)cc(Oc3cncnc3)c2)ccc1F.CC(F)(F)Oc1cccc(C(=O)Nc2cc(F)cc(Oc3cncnc3)c2)c1.COc1cccc(C(=O)Nc2cccc(Oc3cccnc3)c2)c1.Cc1cccc(C(=O)Nc2cccc(Oc3cccnc3)c2)c1.O=C(Nc1cccc(Oc2cccnc2)c1)c1ccccn1. The van der Waals surface area contributed by atoms with Gasteiger partial charge in [0.05, 0.1) is 56.1 Å². The van der Waals surface area contributed by atoms with Crippen molar-refractivity contribution in [2.24, 2.45) is 0 Å². The van der Waals surface area contributed by atoms with Crippen molar-refractivity contribution in [1.82, 2.24) is 39.9 Å². The first-order valence-corrected chi connectivity index (χ1v) is 36.7. The van der Waals surface area contributed by atoms with E-state index >= 15 is 0 Å². The summed E-state index contributed by atoms with van der Waals surface area (Å²) < 4.78 is 105. The van der Waals surface area contributed by atoms with Gasteiger partial charge in [-0.15, -0.1) is 6.42 Å². The number of terminal acetylenes is 1. The highest BCUT2D eigenvalue weighted by atomic mass is 19.3. The predicted octanol–water partition coefficient (Wildman–Crippen LogP) is 20.5. The number of carbonyl (C=O) groups is 5. The molecule has 0 fully saturated rings. The third-order valence-electron chi connectivity index (χ3n) is 16.0. The summed E-state index contributed by atoms with van der Waals surface area (Å²) in [7, 11) is 1.57. The Morgan fingerprint density at radius 3 is 1.13 bits per heavy atom. The summed E-state index contributed by atoms with van der Waals surface area (Å²) in [6.45, 7) is 2.55. The maximum atomic E-state index is 13.9.